The highest BCUT2D eigenvalue weighted by Crippen LogP contribution is 2.29. The first-order valence-electron chi connectivity index (χ1n) is 8.42. The van der Waals surface area contributed by atoms with E-state index in [2.05, 4.69) is 22.3 Å². The lowest BCUT2D eigenvalue weighted by atomic mass is 9.90. The largest absolute Gasteiger partial charge is 0.342 e. The van der Waals surface area contributed by atoms with Crippen LogP contribution in [0.3, 0.4) is 0 Å². The lowest BCUT2D eigenvalue weighted by Crippen LogP contribution is -2.42. The molecule has 22 heavy (non-hydrogen) atoms. The molecular weight excluding hydrogens is 278 g/mol. The Morgan fingerprint density at radius 3 is 2.91 bits per heavy atom. The molecule has 0 radical (unpaired) electrons. The SMILES string of the molecule is CC(C)c1nc([C@H]2CCCN(C(=O)[C@@H]3CC=CCC3)C2)no1. The number of allylic oxidation sites excluding steroid dienone is 2. The number of rotatable bonds is 3. The number of carbonyl (C=O) groups excluding carboxylic acids is 1. The van der Waals surface area contributed by atoms with Crippen LogP contribution in [0.2, 0.25) is 0 Å². The second kappa shape index (κ2) is 6.63. The monoisotopic (exact) mass is 303 g/mol. The fourth-order valence-electron chi connectivity index (χ4n) is 3.31. The van der Waals surface area contributed by atoms with Gasteiger partial charge in [0.2, 0.25) is 11.8 Å². The van der Waals surface area contributed by atoms with Crippen LogP contribution in [-0.2, 0) is 4.79 Å². The van der Waals surface area contributed by atoms with E-state index in [0.717, 1.165) is 51.0 Å². The second-order valence-electron chi connectivity index (χ2n) is 6.75. The third-order valence-electron chi connectivity index (χ3n) is 4.67. The molecule has 1 aromatic heterocycles. The molecule has 0 bridgehead atoms. The zero-order valence-electron chi connectivity index (χ0n) is 13.5. The molecule has 0 N–H and O–H groups in total. The predicted octanol–water partition coefficient (Wildman–Crippen LogP) is 3.26. The fraction of sp³-hybridized carbons (Fsp3) is 0.706. The van der Waals surface area contributed by atoms with Gasteiger partial charge in [-0.3, -0.25) is 4.79 Å². The summed E-state index contributed by atoms with van der Waals surface area (Å²) in [5.74, 6) is 2.40. The van der Waals surface area contributed by atoms with Gasteiger partial charge in [-0.15, -0.1) is 0 Å². The minimum absolute atomic E-state index is 0.167. The standard InChI is InChI=1S/C17H25N3O2/c1-12(2)16-18-15(19-22-16)14-9-6-10-20(11-14)17(21)13-7-4-3-5-8-13/h3-4,12-14H,5-11H2,1-2H3/t13-,14+/m1/s1. The molecule has 3 rings (SSSR count). The number of piperidine rings is 1. The van der Waals surface area contributed by atoms with Crippen LogP contribution >= 0.6 is 0 Å². The van der Waals surface area contributed by atoms with E-state index in [9.17, 15) is 4.79 Å². The first-order valence-corrected chi connectivity index (χ1v) is 8.42. The molecule has 1 aromatic rings. The lowest BCUT2D eigenvalue weighted by molar-refractivity contribution is -0.137. The molecule has 1 aliphatic heterocycles. The van der Waals surface area contributed by atoms with Crippen LogP contribution in [0.25, 0.3) is 0 Å². The normalized spacial score (nSPS) is 25.7. The van der Waals surface area contributed by atoms with E-state index in [-0.39, 0.29) is 17.8 Å². The van der Waals surface area contributed by atoms with Crippen molar-refractivity contribution < 1.29 is 9.32 Å². The van der Waals surface area contributed by atoms with Gasteiger partial charge >= 0.3 is 0 Å². The Morgan fingerprint density at radius 2 is 2.23 bits per heavy atom. The van der Waals surface area contributed by atoms with Crippen LogP contribution < -0.4 is 0 Å². The molecule has 1 amide bonds. The second-order valence-corrected chi connectivity index (χ2v) is 6.75. The molecule has 120 valence electrons. The number of amides is 1. The first kappa shape index (κ1) is 15.3. The molecule has 5 heteroatoms. The maximum absolute atomic E-state index is 12.7. The van der Waals surface area contributed by atoms with Crippen molar-refractivity contribution >= 4 is 5.91 Å². The lowest BCUT2D eigenvalue weighted by Gasteiger charge is -2.34. The molecule has 0 unspecified atom stereocenters. The molecule has 2 heterocycles. The van der Waals surface area contributed by atoms with Gasteiger partial charge < -0.3 is 9.42 Å². The minimum atomic E-state index is 0.167. The zero-order valence-corrected chi connectivity index (χ0v) is 13.5. The predicted molar refractivity (Wildman–Crippen MR) is 83.4 cm³/mol. The van der Waals surface area contributed by atoms with Crippen LogP contribution in [0.4, 0.5) is 0 Å². The van der Waals surface area contributed by atoms with Crippen LogP contribution in [0.15, 0.2) is 16.7 Å². The highest BCUT2D eigenvalue weighted by Gasteiger charge is 2.31. The van der Waals surface area contributed by atoms with E-state index < -0.39 is 0 Å². The summed E-state index contributed by atoms with van der Waals surface area (Å²) in [5.41, 5.74) is 0. The maximum atomic E-state index is 12.7. The Balaban J connectivity index is 1.65. The highest BCUT2D eigenvalue weighted by atomic mass is 16.5. The third-order valence-corrected chi connectivity index (χ3v) is 4.67. The minimum Gasteiger partial charge on any atom is -0.342 e. The Hall–Kier alpha value is -1.65. The van der Waals surface area contributed by atoms with Gasteiger partial charge in [-0.1, -0.05) is 31.2 Å². The topological polar surface area (TPSA) is 59.2 Å². The van der Waals surface area contributed by atoms with Gasteiger partial charge in [0.05, 0.1) is 0 Å². The Morgan fingerprint density at radius 1 is 1.36 bits per heavy atom. The molecule has 0 spiro atoms. The fourth-order valence-corrected chi connectivity index (χ4v) is 3.31. The number of nitrogens with zero attached hydrogens (tertiary/aromatic N) is 3. The first-order chi connectivity index (χ1) is 10.6. The van der Waals surface area contributed by atoms with Gasteiger partial charge in [-0.2, -0.15) is 4.98 Å². The van der Waals surface area contributed by atoms with Gasteiger partial charge in [0.15, 0.2) is 5.82 Å². The van der Waals surface area contributed by atoms with Crippen LogP contribution in [0.5, 0.6) is 0 Å². The summed E-state index contributed by atoms with van der Waals surface area (Å²) in [6.45, 7) is 5.69. The van der Waals surface area contributed by atoms with Gasteiger partial charge in [-0.25, -0.2) is 0 Å². The molecule has 0 saturated carbocycles. The van der Waals surface area contributed by atoms with E-state index >= 15 is 0 Å². The van der Waals surface area contributed by atoms with Crippen LogP contribution in [0, 0.1) is 5.92 Å². The highest BCUT2D eigenvalue weighted by molar-refractivity contribution is 5.79. The van der Waals surface area contributed by atoms with Crippen molar-refractivity contribution in [2.24, 2.45) is 5.92 Å². The molecule has 5 nitrogen and oxygen atoms in total. The summed E-state index contributed by atoms with van der Waals surface area (Å²) >= 11 is 0. The van der Waals surface area contributed by atoms with Gasteiger partial charge in [0, 0.05) is 30.8 Å². The Bertz CT molecular complexity index is 550. The number of aromatic nitrogens is 2. The molecule has 2 atom stereocenters. The molecule has 1 aliphatic carbocycles. The maximum Gasteiger partial charge on any atom is 0.229 e. The quantitative estimate of drug-likeness (QED) is 0.804. The van der Waals surface area contributed by atoms with Crippen molar-refractivity contribution in [2.75, 3.05) is 13.1 Å². The van der Waals surface area contributed by atoms with Gasteiger partial charge in [0.25, 0.3) is 0 Å². The van der Waals surface area contributed by atoms with Crippen molar-refractivity contribution in [3.8, 4) is 0 Å². The number of carbonyl (C=O) groups is 1. The summed E-state index contributed by atoms with van der Waals surface area (Å²) < 4.78 is 5.32. The van der Waals surface area contributed by atoms with E-state index in [1.54, 1.807) is 0 Å². The average molecular weight is 303 g/mol. The zero-order chi connectivity index (χ0) is 15.5. The summed E-state index contributed by atoms with van der Waals surface area (Å²) in [5, 5.41) is 4.13. The molecular formula is C17H25N3O2. The van der Waals surface area contributed by atoms with E-state index in [4.69, 9.17) is 4.52 Å². The Labute approximate surface area is 131 Å². The van der Waals surface area contributed by atoms with Gasteiger partial charge in [0.1, 0.15) is 0 Å². The van der Waals surface area contributed by atoms with E-state index in [0.29, 0.717) is 11.8 Å². The molecule has 2 aliphatic rings. The summed E-state index contributed by atoms with van der Waals surface area (Å²) in [6, 6.07) is 0. The van der Waals surface area contributed by atoms with Crippen LogP contribution in [-0.4, -0.2) is 34.0 Å². The Kier molecular flexibility index (Phi) is 4.60. The van der Waals surface area contributed by atoms with Crippen molar-refractivity contribution in [1.82, 2.24) is 15.0 Å². The molecule has 1 saturated heterocycles. The summed E-state index contributed by atoms with van der Waals surface area (Å²) in [6.07, 6.45) is 9.26. The van der Waals surface area contributed by atoms with E-state index in [1.165, 1.54) is 0 Å². The van der Waals surface area contributed by atoms with Crippen molar-refractivity contribution in [1.29, 1.82) is 0 Å². The third kappa shape index (κ3) is 3.23. The van der Waals surface area contributed by atoms with Crippen molar-refractivity contribution in [3.63, 3.8) is 0 Å². The number of hydrogen-bond donors (Lipinski definition) is 0. The molecule has 1 fully saturated rings. The average Bonchev–Trinajstić information content (AvgIpc) is 3.05. The summed E-state index contributed by atoms with van der Waals surface area (Å²) in [4.78, 5) is 19.2. The van der Waals surface area contributed by atoms with Gasteiger partial charge in [-0.05, 0) is 32.1 Å². The van der Waals surface area contributed by atoms with Crippen molar-refractivity contribution in [2.45, 2.75) is 57.8 Å². The number of hydrogen-bond acceptors (Lipinski definition) is 4. The van der Waals surface area contributed by atoms with Crippen molar-refractivity contribution in [3.05, 3.63) is 23.9 Å². The molecule has 0 aromatic carbocycles. The summed E-state index contributed by atoms with van der Waals surface area (Å²) in [7, 11) is 0. The van der Waals surface area contributed by atoms with E-state index in [1.807, 2.05) is 18.7 Å². The van der Waals surface area contributed by atoms with Crippen LogP contribution in [0.1, 0.15) is 69.5 Å². The smallest absolute Gasteiger partial charge is 0.229 e. The number of likely N-dealkylation sites (tertiary alicyclic amines) is 1.